The fourth-order valence-electron chi connectivity index (χ4n) is 4.07. The second-order valence-electron chi connectivity index (χ2n) is 7.65. The van der Waals surface area contributed by atoms with E-state index >= 15 is 0 Å². The van der Waals surface area contributed by atoms with Crippen molar-refractivity contribution in [3.63, 3.8) is 0 Å². The molecule has 0 atom stereocenters. The van der Waals surface area contributed by atoms with Gasteiger partial charge in [-0.3, -0.25) is 4.79 Å². The minimum atomic E-state index is -0.421. The first-order valence-electron chi connectivity index (χ1n) is 10.0. The van der Waals surface area contributed by atoms with Crippen molar-refractivity contribution in [2.75, 3.05) is 31.2 Å². The number of hydrogen-bond donors (Lipinski definition) is 3. The number of rotatable bonds is 4. The molecule has 5 rings (SSSR count). The standard InChI is InChI=1S/C23H21ClN4O3/c24-17-9-13(1-4-20(17)29)18-10-14(11-21(25)30)22-23(26-18)16-3-2-15(12-19(16)27-22)28-5-7-31-8-6-28/h1-4,9-10,12,27,29H,5-8,11H2,(H2,25,30). The third kappa shape index (κ3) is 3.66. The number of carbonyl (C=O) groups is 1. The third-order valence-corrected chi connectivity index (χ3v) is 5.91. The Balaban J connectivity index is 1.68. The van der Waals surface area contributed by atoms with Crippen LogP contribution in [0.2, 0.25) is 5.02 Å². The van der Waals surface area contributed by atoms with Crippen LogP contribution < -0.4 is 10.6 Å². The highest BCUT2D eigenvalue weighted by Crippen LogP contribution is 2.34. The predicted molar refractivity (Wildman–Crippen MR) is 122 cm³/mol. The Morgan fingerprint density at radius 2 is 2.00 bits per heavy atom. The van der Waals surface area contributed by atoms with Crippen molar-refractivity contribution in [1.82, 2.24) is 9.97 Å². The Kier molecular flexibility index (Phi) is 4.92. The fourth-order valence-corrected chi connectivity index (χ4v) is 4.25. The number of benzene rings is 2. The average Bonchev–Trinajstić information content (AvgIpc) is 3.14. The molecule has 1 saturated heterocycles. The highest BCUT2D eigenvalue weighted by Gasteiger charge is 2.17. The lowest BCUT2D eigenvalue weighted by atomic mass is 10.0. The van der Waals surface area contributed by atoms with Crippen molar-refractivity contribution in [2.45, 2.75) is 6.42 Å². The SMILES string of the molecule is NC(=O)Cc1cc(-c2ccc(O)c(Cl)c2)nc2c1[nH]c1cc(N3CCOCC3)ccc12. The number of H-pyrrole nitrogens is 1. The Morgan fingerprint density at radius 3 is 2.74 bits per heavy atom. The van der Waals surface area contributed by atoms with E-state index in [-0.39, 0.29) is 17.2 Å². The van der Waals surface area contributed by atoms with Crippen molar-refractivity contribution >= 4 is 45.1 Å². The van der Waals surface area contributed by atoms with Gasteiger partial charge >= 0.3 is 0 Å². The molecule has 8 heteroatoms. The predicted octanol–water partition coefficient (Wildman–Crippen LogP) is 3.61. The summed E-state index contributed by atoms with van der Waals surface area (Å²) in [6.45, 7) is 3.13. The van der Waals surface area contributed by atoms with Crippen LogP contribution >= 0.6 is 11.6 Å². The number of morpholine rings is 1. The van der Waals surface area contributed by atoms with Crippen LogP contribution in [0.15, 0.2) is 42.5 Å². The molecule has 7 nitrogen and oxygen atoms in total. The number of aromatic hydroxyl groups is 1. The summed E-state index contributed by atoms with van der Waals surface area (Å²) < 4.78 is 5.45. The van der Waals surface area contributed by atoms with Gasteiger partial charge in [-0.05, 0) is 48.0 Å². The molecule has 31 heavy (non-hydrogen) atoms. The van der Waals surface area contributed by atoms with Gasteiger partial charge in [0.2, 0.25) is 5.91 Å². The number of hydrogen-bond acceptors (Lipinski definition) is 5. The number of ether oxygens (including phenoxy) is 1. The molecule has 4 N–H and O–H groups in total. The Morgan fingerprint density at radius 1 is 1.19 bits per heavy atom. The molecular weight excluding hydrogens is 416 g/mol. The second kappa shape index (κ2) is 7.76. The lowest BCUT2D eigenvalue weighted by Crippen LogP contribution is -2.36. The van der Waals surface area contributed by atoms with Crippen molar-refractivity contribution < 1.29 is 14.6 Å². The van der Waals surface area contributed by atoms with E-state index < -0.39 is 5.91 Å². The first-order valence-corrected chi connectivity index (χ1v) is 10.4. The molecule has 4 aromatic rings. The van der Waals surface area contributed by atoms with Gasteiger partial charge in [-0.1, -0.05) is 11.6 Å². The summed E-state index contributed by atoms with van der Waals surface area (Å²) in [5.74, 6) is -0.415. The molecule has 0 aliphatic carbocycles. The number of nitrogens with two attached hydrogens (primary N) is 1. The highest BCUT2D eigenvalue weighted by molar-refractivity contribution is 6.32. The molecule has 2 aromatic heterocycles. The minimum Gasteiger partial charge on any atom is -0.506 e. The van der Waals surface area contributed by atoms with Crippen molar-refractivity contribution in [1.29, 1.82) is 0 Å². The minimum absolute atomic E-state index is 0.00610. The van der Waals surface area contributed by atoms with Crippen LogP contribution in [0.1, 0.15) is 5.56 Å². The number of fused-ring (bicyclic) bond motifs is 3. The zero-order chi connectivity index (χ0) is 21.5. The summed E-state index contributed by atoms with van der Waals surface area (Å²) in [5.41, 5.74) is 11.3. The smallest absolute Gasteiger partial charge is 0.221 e. The summed E-state index contributed by atoms with van der Waals surface area (Å²) in [6.07, 6.45) is 0.0843. The first-order chi connectivity index (χ1) is 15.0. The number of primary amides is 1. The number of nitrogens with zero attached hydrogens (tertiary/aromatic N) is 2. The molecule has 1 fully saturated rings. The number of pyridine rings is 1. The zero-order valence-corrected chi connectivity index (χ0v) is 17.4. The van der Waals surface area contributed by atoms with E-state index in [1.807, 2.05) is 12.1 Å². The molecule has 158 valence electrons. The van der Waals surface area contributed by atoms with Gasteiger partial charge in [0, 0.05) is 29.7 Å². The maximum absolute atomic E-state index is 11.8. The van der Waals surface area contributed by atoms with E-state index in [1.54, 1.807) is 12.1 Å². The summed E-state index contributed by atoms with van der Waals surface area (Å²) in [5, 5.41) is 11.0. The number of nitrogens with one attached hydrogen (secondary N) is 1. The number of phenolic OH excluding ortho intramolecular Hbond substituents is 1. The number of aromatic amines is 1. The summed E-state index contributed by atoms with van der Waals surface area (Å²) in [7, 11) is 0. The average molecular weight is 437 g/mol. The Hall–Kier alpha value is -3.29. The van der Waals surface area contributed by atoms with Crippen LogP contribution in [-0.2, 0) is 16.0 Å². The largest absolute Gasteiger partial charge is 0.506 e. The first kappa shape index (κ1) is 19.7. The molecular formula is C23H21ClN4O3. The number of aromatic nitrogens is 2. The van der Waals surface area contributed by atoms with Crippen LogP contribution in [0.3, 0.4) is 0 Å². The molecule has 0 saturated carbocycles. The Bertz CT molecular complexity index is 1310. The van der Waals surface area contributed by atoms with E-state index in [0.29, 0.717) is 18.9 Å². The van der Waals surface area contributed by atoms with Crippen LogP contribution in [-0.4, -0.2) is 47.3 Å². The van der Waals surface area contributed by atoms with Crippen LogP contribution in [0.4, 0.5) is 5.69 Å². The van der Waals surface area contributed by atoms with E-state index in [9.17, 15) is 9.90 Å². The maximum atomic E-state index is 11.8. The molecule has 1 aliphatic rings. The zero-order valence-electron chi connectivity index (χ0n) is 16.7. The van der Waals surface area contributed by atoms with E-state index in [1.165, 1.54) is 6.07 Å². The van der Waals surface area contributed by atoms with Crippen molar-refractivity contribution in [3.05, 3.63) is 53.1 Å². The normalized spacial score (nSPS) is 14.4. The molecule has 1 amide bonds. The van der Waals surface area contributed by atoms with Gasteiger partial charge in [0.1, 0.15) is 5.75 Å². The van der Waals surface area contributed by atoms with Gasteiger partial charge in [0.05, 0.1) is 46.9 Å². The van der Waals surface area contributed by atoms with Crippen molar-refractivity contribution in [2.24, 2.45) is 5.73 Å². The Labute approximate surface area is 183 Å². The summed E-state index contributed by atoms with van der Waals surface area (Å²) in [4.78, 5) is 22.3. The molecule has 0 radical (unpaired) electrons. The van der Waals surface area contributed by atoms with Crippen LogP contribution in [0.5, 0.6) is 5.75 Å². The van der Waals surface area contributed by atoms with Gasteiger partial charge in [0.25, 0.3) is 0 Å². The number of carbonyl (C=O) groups excluding carboxylic acids is 1. The van der Waals surface area contributed by atoms with E-state index in [4.69, 9.17) is 27.1 Å². The van der Waals surface area contributed by atoms with Gasteiger partial charge in [-0.2, -0.15) is 0 Å². The number of anilines is 1. The third-order valence-electron chi connectivity index (χ3n) is 5.60. The fraction of sp³-hybridized carbons (Fsp3) is 0.217. The number of halogens is 1. The molecule has 3 heterocycles. The summed E-state index contributed by atoms with van der Waals surface area (Å²) >= 11 is 6.10. The topological polar surface area (TPSA) is 104 Å². The molecule has 1 aliphatic heterocycles. The van der Waals surface area contributed by atoms with Gasteiger partial charge in [-0.25, -0.2) is 4.98 Å². The van der Waals surface area contributed by atoms with Gasteiger partial charge < -0.3 is 25.5 Å². The van der Waals surface area contributed by atoms with Gasteiger partial charge in [-0.15, -0.1) is 0 Å². The monoisotopic (exact) mass is 436 g/mol. The van der Waals surface area contributed by atoms with Crippen LogP contribution in [0.25, 0.3) is 33.2 Å². The van der Waals surface area contributed by atoms with Gasteiger partial charge in [0.15, 0.2) is 0 Å². The molecule has 0 bridgehead atoms. The van der Waals surface area contributed by atoms with Crippen molar-refractivity contribution in [3.8, 4) is 17.0 Å². The number of phenols is 1. The quantitative estimate of drug-likeness (QED) is 0.453. The molecule has 0 spiro atoms. The van der Waals surface area contributed by atoms with E-state index in [2.05, 4.69) is 22.0 Å². The lowest BCUT2D eigenvalue weighted by Gasteiger charge is -2.28. The van der Waals surface area contributed by atoms with E-state index in [0.717, 1.165) is 51.8 Å². The molecule has 2 aromatic carbocycles. The highest BCUT2D eigenvalue weighted by atomic mass is 35.5. The maximum Gasteiger partial charge on any atom is 0.221 e. The second-order valence-corrected chi connectivity index (χ2v) is 8.06. The van der Waals surface area contributed by atoms with Crippen LogP contribution in [0, 0.1) is 0 Å². The lowest BCUT2D eigenvalue weighted by molar-refractivity contribution is -0.117. The molecule has 0 unspecified atom stereocenters. The summed E-state index contributed by atoms with van der Waals surface area (Å²) in [6, 6.07) is 13.0. The number of amides is 1.